The molecule has 30 heavy (non-hydrogen) atoms. The number of carbonyl (C=O) groups is 1. The van der Waals surface area contributed by atoms with E-state index in [0.717, 1.165) is 25.3 Å². The number of aliphatic hydroxyl groups is 1. The van der Waals surface area contributed by atoms with Crippen molar-refractivity contribution >= 4 is 22.8 Å². The van der Waals surface area contributed by atoms with Crippen LogP contribution in [0.2, 0.25) is 0 Å². The van der Waals surface area contributed by atoms with Gasteiger partial charge in [0.05, 0.1) is 18.2 Å². The first-order chi connectivity index (χ1) is 14.4. The molecule has 0 fully saturated rings. The smallest absolute Gasteiger partial charge is 0.325 e. The van der Waals surface area contributed by atoms with E-state index in [2.05, 4.69) is 22.2 Å². The van der Waals surface area contributed by atoms with Gasteiger partial charge in [0.1, 0.15) is 0 Å². The molecule has 170 valence electrons. The third-order valence-electron chi connectivity index (χ3n) is 4.76. The molecule has 1 heterocycles. The van der Waals surface area contributed by atoms with Crippen molar-refractivity contribution in [2.24, 2.45) is 0 Å². The molecule has 0 aliphatic carbocycles. The largest absolute Gasteiger partial charge is 0.394 e. The lowest BCUT2D eigenvalue weighted by Gasteiger charge is -2.14. The van der Waals surface area contributed by atoms with Crippen LogP contribution in [0, 0.1) is 6.92 Å². The van der Waals surface area contributed by atoms with Gasteiger partial charge in [-0.25, -0.2) is 4.79 Å². The molecule has 8 nitrogen and oxygen atoms in total. The number of aryl methyl sites for hydroxylation is 1. The van der Waals surface area contributed by atoms with Gasteiger partial charge in [0.25, 0.3) is 5.56 Å². The Hall–Kier alpha value is -2.00. The molecule has 0 aromatic carbocycles. The van der Waals surface area contributed by atoms with Crippen molar-refractivity contribution in [2.75, 3.05) is 18.1 Å². The number of H-pyrrole nitrogens is 2. The number of amides is 1. The molecular weight excluding hydrogens is 406 g/mol. The quantitative estimate of drug-likeness (QED) is 0.243. The second-order valence-electron chi connectivity index (χ2n) is 7.45. The van der Waals surface area contributed by atoms with Gasteiger partial charge in [-0.1, -0.05) is 51.9 Å². The van der Waals surface area contributed by atoms with Crippen molar-refractivity contribution in [2.45, 2.75) is 71.3 Å². The van der Waals surface area contributed by atoms with E-state index in [-0.39, 0.29) is 17.9 Å². The number of aromatic amines is 2. The molecule has 0 bridgehead atoms. The zero-order valence-corrected chi connectivity index (χ0v) is 18.8. The summed E-state index contributed by atoms with van der Waals surface area (Å²) < 4.78 is 12.2. The highest BCUT2D eigenvalue weighted by atomic mass is 32.2. The SMILES string of the molecule is CCCCCCCCCCS(=O)CC(CO)NC(=O)/C=C/c1c(C)[nH]c(=O)[nH]c1=O. The fourth-order valence-electron chi connectivity index (χ4n) is 3.06. The molecule has 9 heteroatoms. The maximum Gasteiger partial charge on any atom is 0.325 e. The maximum absolute atomic E-state index is 12.2. The van der Waals surface area contributed by atoms with Crippen LogP contribution in [0.25, 0.3) is 6.08 Å². The van der Waals surface area contributed by atoms with Crippen LogP contribution in [0.4, 0.5) is 0 Å². The minimum absolute atomic E-state index is 0.170. The molecule has 0 aliphatic heterocycles. The van der Waals surface area contributed by atoms with Crippen LogP contribution >= 0.6 is 0 Å². The minimum Gasteiger partial charge on any atom is -0.394 e. The van der Waals surface area contributed by atoms with E-state index < -0.39 is 34.0 Å². The number of unbranched alkanes of at least 4 members (excludes halogenated alkanes) is 7. The predicted molar refractivity (Wildman–Crippen MR) is 121 cm³/mol. The lowest BCUT2D eigenvalue weighted by molar-refractivity contribution is -0.117. The molecule has 1 amide bonds. The van der Waals surface area contributed by atoms with E-state index in [4.69, 9.17) is 0 Å². The highest BCUT2D eigenvalue weighted by molar-refractivity contribution is 7.85. The number of aromatic nitrogens is 2. The first-order valence-corrected chi connectivity index (χ1v) is 12.1. The van der Waals surface area contributed by atoms with Crippen LogP contribution in [0.15, 0.2) is 15.7 Å². The molecule has 0 spiro atoms. The zero-order valence-electron chi connectivity index (χ0n) is 18.0. The molecule has 0 saturated carbocycles. The first-order valence-electron chi connectivity index (χ1n) is 10.6. The van der Waals surface area contributed by atoms with Crippen molar-refractivity contribution in [3.05, 3.63) is 38.2 Å². The Bertz CT molecular complexity index is 816. The summed E-state index contributed by atoms with van der Waals surface area (Å²) in [7, 11) is -1.12. The summed E-state index contributed by atoms with van der Waals surface area (Å²) in [6, 6.07) is -0.619. The van der Waals surface area contributed by atoms with Crippen LogP contribution in [0.1, 0.15) is 69.5 Å². The predicted octanol–water partition coefficient (Wildman–Crippen LogP) is 1.75. The summed E-state index contributed by atoms with van der Waals surface area (Å²) in [6.07, 6.45) is 11.8. The molecule has 1 rings (SSSR count). The van der Waals surface area contributed by atoms with E-state index in [9.17, 15) is 23.7 Å². The number of carbonyl (C=O) groups excluding carboxylic acids is 1. The number of aliphatic hydroxyl groups excluding tert-OH is 1. The van der Waals surface area contributed by atoms with E-state index in [1.165, 1.54) is 38.2 Å². The first kappa shape index (κ1) is 26.0. The van der Waals surface area contributed by atoms with Gasteiger partial charge in [0.2, 0.25) is 5.91 Å². The van der Waals surface area contributed by atoms with Gasteiger partial charge >= 0.3 is 5.69 Å². The third-order valence-corrected chi connectivity index (χ3v) is 6.28. The van der Waals surface area contributed by atoms with Crippen LogP contribution < -0.4 is 16.6 Å². The Morgan fingerprint density at radius 3 is 2.33 bits per heavy atom. The monoisotopic (exact) mass is 441 g/mol. The molecule has 0 radical (unpaired) electrons. The topological polar surface area (TPSA) is 132 Å². The number of nitrogens with one attached hydrogen (secondary N) is 3. The molecular formula is C21H35N3O5S. The van der Waals surface area contributed by atoms with Gasteiger partial charge in [-0.05, 0) is 19.4 Å². The summed E-state index contributed by atoms with van der Waals surface area (Å²) >= 11 is 0. The maximum atomic E-state index is 12.2. The third kappa shape index (κ3) is 10.7. The fraction of sp³-hybridized carbons (Fsp3) is 0.667. The van der Waals surface area contributed by atoms with Gasteiger partial charge in [-0.3, -0.25) is 18.8 Å². The van der Waals surface area contributed by atoms with E-state index in [1.54, 1.807) is 6.92 Å². The molecule has 2 unspecified atom stereocenters. The second-order valence-corrected chi connectivity index (χ2v) is 9.08. The highest BCUT2D eigenvalue weighted by Crippen LogP contribution is 2.09. The Labute approximate surface area is 180 Å². The summed E-state index contributed by atoms with van der Waals surface area (Å²) in [5.74, 6) is 0.233. The van der Waals surface area contributed by atoms with Crippen molar-refractivity contribution in [3.63, 3.8) is 0 Å². The average molecular weight is 442 g/mol. The van der Waals surface area contributed by atoms with Crippen LogP contribution in [-0.4, -0.2) is 49.3 Å². The molecule has 0 aliphatic rings. The fourth-order valence-corrected chi connectivity index (χ4v) is 4.39. The number of rotatable bonds is 15. The number of hydrogen-bond donors (Lipinski definition) is 4. The normalized spacial score (nSPS) is 13.4. The number of hydrogen-bond acceptors (Lipinski definition) is 5. The lowest BCUT2D eigenvalue weighted by atomic mass is 10.1. The van der Waals surface area contributed by atoms with Crippen molar-refractivity contribution in [3.8, 4) is 0 Å². The van der Waals surface area contributed by atoms with Gasteiger partial charge in [-0.15, -0.1) is 0 Å². The Morgan fingerprint density at radius 2 is 1.73 bits per heavy atom. The second kappa shape index (κ2) is 14.9. The van der Waals surface area contributed by atoms with Crippen LogP contribution in [0.3, 0.4) is 0 Å². The molecule has 2 atom stereocenters. The molecule has 1 aromatic heterocycles. The van der Waals surface area contributed by atoms with Gasteiger partial charge in [-0.2, -0.15) is 0 Å². The van der Waals surface area contributed by atoms with E-state index >= 15 is 0 Å². The van der Waals surface area contributed by atoms with Crippen molar-refractivity contribution in [1.29, 1.82) is 0 Å². The summed E-state index contributed by atoms with van der Waals surface area (Å²) in [6.45, 7) is 3.43. The van der Waals surface area contributed by atoms with E-state index in [1.807, 2.05) is 0 Å². The van der Waals surface area contributed by atoms with Gasteiger partial charge < -0.3 is 15.4 Å². The highest BCUT2D eigenvalue weighted by Gasteiger charge is 2.14. The average Bonchev–Trinajstić information content (AvgIpc) is 2.68. The molecule has 1 aromatic rings. The zero-order chi connectivity index (χ0) is 22.4. The molecule has 4 N–H and O–H groups in total. The van der Waals surface area contributed by atoms with Crippen LogP contribution in [0.5, 0.6) is 0 Å². The Balaban J connectivity index is 2.37. The standard InChI is InChI=1S/C21H35N3O5S/c1-3-4-5-6-7-8-9-10-13-30(29)15-17(14-25)23-19(26)12-11-18-16(2)22-21(28)24-20(18)27/h11-12,17,25H,3-10,13-15H2,1-2H3,(H,23,26)(H2,22,24,27,28)/b12-11+. The van der Waals surface area contributed by atoms with Gasteiger partial charge in [0, 0.05) is 34.1 Å². The summed E-state index contributed by atoms with van der Waals surface area (Å²) in [5, 5.41) is 12.1. The Morgan fingerprint density at radius 1 is 1.10 bits per heavy atom. The summed E-state index contributed by atoms with van der Waals surface area (Å²) in [4.78, 5) is 39.6. The van der Waals surface area contributed by atoms with Crippen molar-refractivity contribution in [1.82, 2.24) is 15.3 Å². The minimum atomic E-state index is -1.12. The molecule has 0 saturated heterocycles. The Kier molecular flexibility index (Phi) is 12.9. The van der Waals surface area contributed by atoms with Crippen molar-refractivity contribution < 1.29 is 14.1 Å². The summed E-state index contributed by atoms with van der Waals surface area (Å²) in [5.41, 5.74) is -0.689. The lowest BCUT2D eigenvalue weighted by Crippen LogP contribution is -2.40. The van der Waals surface area contributed by atoms with Crippen LogP contribution in [-0.2, 0) is 15.6 Å². The van der Waals surface area contributed by atoms with Gasteiger partial charge in [0.15, 0.2) is 0 Å². The van der Waals surface area contributed by atoms with E-state index in [0.29, 0.717) is 11.4 Å².